The van der Waals surface area contributed by atoms with Gasteiger partial charge >= 0.3 is 0 Å². The van der Waals surface area contributed by atoms with Crippen LogP contribution in [0, 0.1) is 5.82 Å². The summed E-state index contributed by atoms with van der Waals surface area (Å²) < 4.78 is 71.1. The molecule has 27 heavy (non-hydrogen) atoms. The molecule has 3 rings (SSSR count). The van der Waals surface area contributed by atoms with Crippen molar-refractivity contribution in [1.82, 2.24) is 4.31 Å². The van der Waals surface area contributed by atoms with Crippen molar-refractivity contribution < 1.29 is 26.0 Å². The van der Waals surface area contributed by atoms with Gasteiger partial charge < -0.3 is 4.74 Å². The van der Waals surface area contributed by atoms with Crippen LogP contribution in [0.3, 0.4) is 0 Å². The maximum absolute atomic E-state index is 14.0. The van der Waals surface area contributed by atoms with Gasteiger partial charge in [-0.05, 0) is 43.2 Å². The number of sulfone groups is 1. The molecule has 0 bridgehead atoms. The van der Waals surface area contributed by atoms with Gasteiger partial charge in [0.25, 0.3) is 0 Å². The monoisotopic (exact) mass is 413 g/mol. The molecular formula is C18H20FNO5S2. The highest BCUT2D eigenvalue weighted by Gasteiger charge is 2.38. The summed E-state index contributed by atoms with van der Waals surface area (Å²) in [5.41, 5.74) is 0. The largest absolute Gasteiger partial charge is 0.494 e. The smallest absolute Gasteiger partial charge is 0.243 e. The lowest BCUT2D eigenvalue weighted by Crippen LogP contribution is -2.39. The maximum Gasteiger partial charge on any atom is 0.243 e. The molecule has 1 atom stereocenters. The van der Waals surface area contributed by atoms with Crippen LogP contribution in [0.5, 0.6) is 5.75 Å². The molecule has 146 valence electrons. The Morgan fingerprint density at radius 1 is 1.07 bits per heavy atom. The van der Waals surface area contributed by atoms with Crippen LogP contribution < -0.4 is 4.74 Å². The predicted molar refractivity (Wildman–Crippen MR) is 98.4 cm³/mol. The minimum absolute atomic E-state index is 0.0569. The summed E-state index contributed by atoms with van der Waals surface area (Å²) in [5, 5.41) is 0. The Morgan fingerprint density at radius 3 is 2.41 bits per heavy atom. The van der Waals surface area contributed by atoms with Gasteiger partial charge in [0.05, 0.1) is 22.7 Å². The number of sulfonamides is 1. The van der Waals surface area contributed by atoms with Gasteiger partial charge in [0.2, 0.25) is 10.0 Å². The van der Waals surface area contributed by atoms with Crippen LogP contribution in [0.4, 0.5) is 4.39 Å². The van der Waals surface area contributed by atoms with Crippen molar-refractivity contribution in [2.45, 2.75) is 28.7 Å². The number of ether oxygens (including phenoxy) is 1. The van der Waals surface area contributed by atoms with E-state index in [1.807, 2.05) is 0 Å². The molecular weight excluding hydrogens is 393 g/mol. The second-order valence-corrected chi connectivity index (χ2v) is 10.2. The molecule has 0 radical (unpaired) electrons. The normalized spacial score (nSPS) is 18.5. The molecule has 1 saturated heterocycles. The molecule has 2 aromatic rings. The first kappa shape index (κ1) is 19.8. The Morgan fingerprint density at radius 2 is 1.78 bits per heavy atom. The highest BCUT2D eigenvalue weighted by molar-refractivity contribution is 7.91. The summed E-state index contributed by atoms with van der Waals surface area (Å²) in [6, 6.07) is 10.6. The van der Waals surface area contributed by atoms with Crippen molar-refractivity contribution in [3.05, 3.63) is 54.3 Å². The van der Waals surface area contributed by atoms with Gasteiger partial charge in [0.1, 0.15) is 0 Å². The van der Waals surface area contributed by atoms with Gasteiger partial charge in [0, 0.05) is 12.6 Å². The molecule has 2 aromatic carbocycles. The molecule has 1 unspecified atom stereocenters. The fourth-order valence-electron chi connectivity index (χ4n) is 3.21. The molecule has 1 aliphatic rings. The topological polar surface area (TPSA) is 80.8 Å². The summed E-state index contributed by atoms with van der Waals surface area (Å²) in [7, 11) is -6.37. The highest BCUT2D eigenvalue weighted by Crippen LogP contribution is 2.30. The molecule has 0 aliphatic carbocycles. The number of methoxy groups -OCH3 is 1. The third-order valence-electron chi connectivity index (χ3n) is 4.57. The zero-order chi connectivity index (χ0) is 19.7. The van der Waals surface area contributed by atoms with Gasteiger partial charge in [-0.1, -0.05) is 18.2 Å². The third-order valence-corrected chi connectivity index (χ3v) is 8.33. The van der Waals surface area contributed by atoms with E-state index in [0.29, 0.717) is 12.8 Å². The van der Waals surface area contributed by atoms with E-state index in [1.165, 1.54) is 31.4 Å². The van der Waals surface area contributed by atoms with E-state index < -0.39 is 31.7 Å². The minimum Gasteiger partial charge on any atom is -0.494 e. The van der Waals surface area contributed by atoms with E-state index in [2.05, 4.69) is 0 Å². The maximum atomic E-state index is 14.0. The van der Waals surface area contributed by atoms with Crippen LogP contribution in [0.2, 0.25) is 0 Å². The highest BCUT2D eigenvalue weighted by atomic mass is 32.2. The van der Waals surface area contributed by atoms with Crippen molar-refractivity contribution in [1.29, 1.82) is 0 Å². The first-order valence-corrected chi connectivity index (χ1v) is 11.5. The Balaban J connectivity index is 1.88. The van der Waals surface area contributed by atoms with E-state index in [1.54, 1.807) is 18.2 Å². The fraction of sp³-hybridized carbons (Fsp3) is 0.333. The lowest BCUT2D eigenvalue weighted by molar-refractivity contribution is 0.384. The fourth-order valence-corrected chi connectivity index (χ4v) is 6.63. The second-order valence-electron chi connectivity index (χ2n) is 6.30. The van der Waals surface area contributed by atoms with Crippen molar-refractivity contribution in [3.63, 3.8) is 0 Å². The Kier molecular flexibility index (Phi) is 5.55. The number of hydrogen-bond donors (Lipinski definition) is 0. The molecule has 1 aliphatic heterocycles. The van der Waals surface area contributed by atoms with Crippen LogP contribution in [0.15, 0.2) is 58.3 Å². The van der Waals surface area contributed by atoms with Crippen LogP contribution in [-0.2, 0) is 19.9 Å². The molecule has 0 spiro atoms. The van der Waals surface area contributed by atoms with Gasteiger partial charge in [-0.3, -0.25) is 0 Å². The zero-order valence-electron chi connectivity index (χ0n) is 14.7. The number of rotatable bonds is 6. The van der Waals surface area contributed by atoms with Crippen molar-refractivity contribution in [2.24, 2.45) is 0 Å². The Hall–Kier alpha value is -1.97. The van der Waals surface area contributed by atoms with E-state index in [-0.39, 0.29) is 27.8 Å². The molecule has 1 fully saturated rings. The van der Waals surface area contributed by atoms with E-state index >= 15 is 0 Å². The lowest BCUT2D eigenvalue weighted by atomic mass is 10.3. The third kappa shape index (κ3) is 3.99. The first-order chi connectivity index (χ1) is 12.8. The number of nitrogens with zero attached hydrogens (tertiary/aromatic N) is 1. The molecule has 0 N–H and O–H groups in total. The van der Waals surface area contributed by atoms with E-state index in [9.17, 15) is 21.2 Å². The van der Waals surface area contributed by atoms with Crippen molar-refractivity contribution >= 4 is 19.9 Å². The number of halogens is 1. The van der Waals surface area contributed by atoms with Crippen molar-refractivity contribution in [3.8, 4) is 5.75 Å². The second kappa shape index (κ2) is 7.57. The van der Waals surface area contributed by atoms with Gasteiger partial charge in [0.15, 0.2) is 21.4 Å². The van der Waals surface area contributed by atoms with Crippen LogP contribution in [0.25, 0.3) is 0 Å². The zero-order valence-corrected chi connectivity index (χ0v) is 16.3. The van der Waals surface area contributed by atoms with E-state index in [0.717, 1.165) is 10.4 Å². The van der Waals surface area contributed by atoms with Crippen LogP contribution >= 0.6 is 0 Å². The minimum atomic E-state index is -4.02. The van der Waals surface area contributed by atoms with Gasteiger partial charge in [-0.15, -0.1) is 0 Å². The number of hydrogen-bond acceptors (Lipinski definition) is 5. The molecule has 0 saturated carbocycles. The average Bonchev–Trinajstić information content (AvgIpc) is 3.10. The Bertz CT molecular complexity index is 1020. The Labute approximate surface area is 158 Å². The summed E-state index contributed by atoms with van der Waals surface area (Å²) in [5.74, 6) is -1.15. The van der Waals surface area contributed by atoms with Crippen molar-refractivity contribution in [2.75, 3.05) is 19.4 Å². The standard InChI is InChI=1S/C18H20FNO5S2/c1-25-18-10-9-16(12-17(18)19)27(23,24)20-11-5-6-14(20)13-26(21,22)15-7-3-2-4-8-15/h2-4,7-10,12,14H,5-6,11,13H2,1H3. The first-order valence-electron chi connectivity index (χ1n) is 8.39. The molecule has 1 heterocycles. The molecule has 0 aromatic heterocycles. The van der Waals surface area contributed by atoms with Gasteiger partial charge in [-0.25, -0.2) is 21.2 Å². The van der Waals surface area contributed by atoms with Crippen LogP contribution in [0.1, 0.15) is 12.8 Å². The SMILES string of the molecule is COc1ccc(S(=O)(=O)N2CCCC2CS(=O)(=O)c2ccccc2)cc1F. The molecule has 6 nitrogen and oxygen atoms in total. The predicted octanol–water partition coefficient (Wildman–Crippen LogP) is 2.46. The summed E-state index contributed by atoms with van der Waals surface area (Å²) in [6.07, 6.45) is 0.983. The summed E-state index contributed by atoms with van der Waals surface area (Å²) in [6.45, 7) is 0.199. The lowest BCUT2D eigenvalue weighted by Gasteiger charge is -2.24. The molecule has 0 amide bonds. The summed E-state index contributed by atoms with van der Waals surface area (Å²) in [4.78, 5) is -0.0606. The summed E-state index contributed by atoms with van der Waals surface area (Å²) >= 11 is 0. The van der Waals surface area contributed by atoms with E-state index in [4.69, 9.17) is 4.74 Å². The molecule has 9 heteroatoms. The number of benzene rings is 2. The van der Waals surface area contributed by atoms with Crippen LogP contribution in [-0.4, -0.2) is 46.6 Å². The van der Waals surface area contributed by atoms with Gasteiger partial charge in [-0.2, -0.15) is 4.31 Å². The average molecular weight is 413 g/mol. The quantitative estimate of drug-likeness (QED) is 0.727.